The molecule has 0 bridgehead atoms. The van der Waals surface area contributed by atoms with Gasteiger partial charge in [-0.1, -0.05) is 50.2 Å². The molecule has 0 spiro atoms. The number of carbonyl (C=O) groups excluding carboxylic acids is 3. The third-order valence-corrected chi connectivity index (χ3v) is 7.99. The molecule has 0 aliphatic carbocycles. The number of benzene rings is 2. The summed E-state index contributed by atoms with van der Waals surface area (Å²) >= 11 is 0. The number of nitrogens with two attached hydrogens (primary N) is 2. The van der Waals surface area contributed by atoms with E-state index in [2.05, 4.69) is 25.9 Å². The molecule has 4 unspecified atom stereocenters. The molecule has 0 saturated heterocycles. The maximum atomic E-state index is 13.7. The van der Waals surface area contributed by atoms with Gasteiger partial charge < -0.3 is 42.5 Å². The summed E-state index contributed by atoms with van der Waals surface area (Å²) in [6.45, 7) is 3.80. The van der Waals surface area contributed by atoms with Crippen molar-refractivity contribution in [1.82, 2.24) is 25.9 Å². The number of aromatic nitrogens is 2. The lowest BCUT2D eigenvalue weighted by atomic mass is 10.0. The van der Waals surface area contributed by atoms with Crippen molar-refractivity contribution in [2.45, 2.75) is 70.1 Å². The Bertz CT molecular complexity index is 1630. The summed E-state index contributed by atoms with van der Waals surface area (Å²) in [6, 6.07) is 11.1. The van der Waals surface area contributed by atoms with Gasteiger partial charge in [-0.05, 0) is 61.4 Å². The topological polar surface area (TPSA) is 208 Å². The van der Waals surface area contributed by atoms with Crippen molar-refractivity contribution in [3.8, 4) is 0 Å². The van der Waals surface area contributed by atoms with Crippen molar-refractivity contribution in [3.05, 3.63) is 72.1 Å². The molecule has 4 atom stereocenters. The third-order valence-electron chi connectivity index (χ3n) is 7.99. The summed E-state index contributed by atoms with van der Waals surface area (Å²) in [5.74, 6) is -3.28. The van der Waals surface area contributed by atoms with Gasteiger partial charge in [-0.25, -0.2) is 4.79 Å². The van der Waals surface area contributed by atoms with Crippen molar-refractivity contribution in [2.75, 3.05) is 6.54 Å². The fourth-order valence-corrected chi connectivity index (χ4v) is 5.44. The molecule has 240 valence electrons. The van der Waals surface area contributed by atoms with Gasteiger partial charge in [0.15, 0.2) is 0 Å². The average molecular weight is 618 g/mol. The van der Waals surface area contributed by atoms with Gasteiger partial charge in [-0.15, -0.1) is 0 Å². The Balaban J connectivity index is 1.53. The van der Waals surface area contributed by atoms with Gasteiger partial charge in [0.1, 0.15) is 18.1 Å². The number of nitrogens with one attached hydrogen (secondary N) is 5. The number of hydrogen-bond donors (Lipinski definition) is 8. The fourth-order valence-electron chi connectivity index (χ4n) is 5.44. The number of carboxylic acid groups (broad SMARTS) is 1. The fraction of sp³-hybridized carbons (Fsp3) is 0.394. The first kappa shape index (κ1) is 33.2. The normalized spacial score (nSPS) is 14.2. The van der Waals surface area contributed by atoms with Gasteiger partial charge in [0.25, 0.3) is 0 Å². The molecule has 0 aliphatic heterocycles. The second-order valence-corrected chi connectivity index (χ2v) is 11.7. The molecule has 2 aromatic heterocycles. The number of unbranched alkanes of at least 4 members (excludes halogenated alkanes) is 1. The Labute approximate surface area is 261 Å². The lowest BCUT2D eigenvalue weighted by Gasteiger charge is -2.26. The molecule has 4 aromatic rings. The Morgan fingerprint density at radius 1 is 0.756 bits per heavy atom. The number of carbonyl (C=O) groups is 4. The number of aliphatic carboxylic acids is 1. The highest BCUT2D eigenvalue weighted by Gasteiger charge is 2.32. The molecule has 10 N–H and O–H groups in total. The second kappa shape index (κ2) is 15.4. The van der Waals surface area contributed by atoms with Gasteiger partial charge in [0.05, 0.1) is 6.04 Å². The maximum absolute atomic E-state index is 13.7. The lowest BCUT2D eigenvalue weighted by Crippen LogP contribution is -2.58. The Hall–Kier alpha value is -4.68. The number of hydrogen-bond acceptors (Lipinski definition) is 6. The lowest BCUT2D eigenvalue weighted by molar-refractivity contribution is -0.143. The first-order chi connectivity index (χ1) is 21.6. The van der Waals surface area contributed by atoms with Crippen molar-refractivity contribution in [3.63, 3.8) is 0 Å². The minimum atomic E-state index is -1.17. The summed E-state index contributed by atoms with van der Waals surface area (Å²) in [4.78, 5) is 58.7. The van der Waals surface area contributed by atoms with E-state index in [1.165, 1.54) is 0 Å². The quantitative estimate of drug-likeness (QED) is 0.0877. The van der Waals surface area contributed by atoms with E-state index >= 15 is 0 Å². The molecule has 2 aromatic carbocycles. The largest absolute Gasteiger partial charge is 0.480 e. The van der Waals surface area contributed by atoms with Crippen LogP contribution in [0.25, 0.3) is 21.8 Å². The molecule has 4 rings (SSSR count). The van der Waals surface area contributed by atoms with Crippen LogP contribution in [0.3, 0.4) is 0 Å². The number of H-pyrrole nitrogens is 2. The Kier molecular flexibility index (Phi) is 11.3. The van der Waals surface area contributed by atoms with Crippen molar-refractivity contribution in [1.29, 1.82) is 0 Å². The zero-order valence-corrected chi connectivity index (χ0v) is 25.6. The summed E-state index contributed by atoms with van der Waals surface area (Å²) in [5, 5.41) is 19.7. The smallest absolute Gasteiger partial charge is 0.326 e. The van der Waals surface area contributed by atoms with Crippen LogP contribution in [-0.4, -0.2) is 69.5 Å². The Morgan fingerprint density at radius 3 is 1.84 bits per heavy atom. The van der Waals surface area contributed by atoms with Gasteiger partial charge in [-0.2, -0.15) is 0 Å². The van der Waals surface area contributed by atoms with E-state index in [0.29, 0.717) is 19.4 Å². The summed E-state index contributed by atoms with van der Waals surface area (Å²) in [6.07, 6.45) is 5.39. The van der Waals surface area contributed by atoms with Crippen LogP contribution in [0.4, 0.5) is 0 Å². The molecular formula is C33H43N7O5. The van der Waals surface area contributed by atoms with Crippen LogP contribution < -0.4 is 27.4 Å². The van der Waals surface area contributed by atoms with Crippen LogP contribution in [0.2, 0.25) is 0 Å². The summed E-state index contributed by atoms with van der Waals surface area (Å²) in [5.41, 5.74) is 15.4. The van der Waals surface area contributed by atoms with Gasteiger partial charge in [-0.3, -0.25) is 14.4 Å². The van der Waals surface area contributed by atoms with E-state index < -0.39 is 53.8 Å². The third kappa shape index (κ3) is 8.49. The standard InChI is InChI=1S/C33H43N7O5/c1-19(2)29(33(44)45)40-32(43)28(16-21-18-37-26-12-6-4-10-23(21)26)39-31(42)27(13-7-8-14-34)38-30(41)24(35)15-20-17-36-25-11-5-3-9-22(20)25/h3-6,9-12,17-19,24,27-29,36-37H,7-8,13-16,34-35H2,1-2H3,(H,38,41)(H,39,42)(H,40,43)(H,44,45). The number of aromatic amines is 2. The SMILES string of the molecule is CC(C)C(NC(=O)C(Cc1c[nH]c2ccccc12)NC(=O)C(CCCCN)NC(=O)C(N)Cc1c[nH]c2ccccc12)C(=O)O. The summed E-state index contributed by atoms with van der Waals surface area (Å²) < 4.78 is 0. The van der Waals surface area contributed by atoms with Crippen LogP contribution in [-0.2, 0) is 32.0 Å². The average Bonchev–Trinajstić information content (AvgIpc) is 3.62. The van der Waals surface area contributed by atoms with E-state index in [1.807, 2.05) is 54.7 Å². The molecule has 0 aliphatic rings. The molecule has 2 heterocycles. The Morgan fingerprint density at radius 2 is 1.29 bits per heavy atom. The molecular weight excluding hydrogens is 574 g/mol. The molecule has 45 heavy (non-hydrogen) atoms. The van der Waals surface area contributed by atoms with Crippen LogP contribution >= 0.6 is 0 Å². The number of carboxylic acids is 1. The van der Waals surface area contributed by atoms with E-state index in [4.69, 9.17) is 11.5 Å². The van der Waals surface area contributed by atoms with E-state index in [9.17, 15) is 24.3 Å². The van der Waals surface area contributed by atoms with Gasteiger partial charge in [0.2, 0.25) is 17.7 Å². The van der Waals surface area contributed by atoms with Gasteiger partial charge >= 0.3 is 5.97 Å². The predicted molar refractivity (Wildman–Crippen MR) is 173 cm³/mol. The number of fused-ring (bicyclic) bond motifs is 2. The number of para-hydroxylation sites is 2. The molecule has 0 saturated carbocycles. The second-order valence-electron chi connectivity index (χ2n) is 11.7. The van der Waals surface area contributed by atoms with Crippen LogP contribution in [0.15, 0.2) is 60.9 Å². The van der Waals surface area contributed by atoms with E-state index in [-0.39, 0.29) is 19.3 Å². The first-order valence-electron chi connectivity index (χ1n) is 15.3. The van der Waals surface area contributed by atoms with Crippen LogP contribution in [0.5, 0.6) is 0 Å². The van der Waals surface area contributed by atoms with E-state index in [0.717, 1.165) is 32.9 Å². The predicted octanol–water partition coefficient (Wildman–Crippen LogP) is 2.09. The number of rotatable bonds is 16. The highest BCUT2D eigenvalue weighted by Crippen LogP contribution is 2.21. The highest BCUT2D eigenvalue weighted by molar-refractivity contribution is 5.95. The van der Waals surface area contributed by atoms with Crippen LogP contribution in [0, 0.1) is 5.92 Å². The zero-order valence-electron chi connectivity index (χ0n) is 25.6. The summed E-state index contributed by atoms with van der Waals surface area (Å²) in [7, 11) is 0. The van der Waals surface area contributed by atoms with E-state index in [1.54, 1.807) is 20.0 Å². The zero-order chi connectivity index (χ0) is 32.5. The van der Waals surface area contributed by atoms with Crippen molar-refractivity contribution >= 4 is 45.5 Å². The molecule has 3 amide bonds. The highest BCUT2D eigenvalue weighted by atomic mass is 16.4. The molecule has 12 nitrogen and oxygen atoms in total. The number of amides is 3. The van der Waals surface area contributed by atoms with Crippen LogP contribution in [0.1, 0.15) is 44.2 Å². The maximum Gasteiger partial charge on any atom is 0.326 e. The minimum Gasteiger partial charge on any atom is -0.480 e. The molecule has 0 radical (unpaired) electrons. The monoisotopic (exact) mass is 617 g/mol. The van der Waals surface area contributed by atoms with Crippen molar-refractivity contribution < 1.29 is 24.3 Å². The minimum absolute atomic E-state index is 0.0928. The van der Waals surface area contributed by atoms with Gasteiger partial charge in [0, 0.05) is 40.6 Å². The van der Waals surface area contributed by atoms with Crippen molar-refractivity contribution in [2.24, 2.45) is 17.4 Å². The molecule has 0 fully saturated rings. The molecule has 12 heteroatoms. The first-order valence-corrected chi connectivity index (χ1v) is 15.3.